The van der Waals surface area contributed by atoms with Crippen molar-refractivity contribution in [3.8, 4) is 5.75 Å². The molecule has 1 aliphatic rings. The number of nitrogens with one attached hydrogen (secondary N) is 1. The number of likely N-dealkylation sites (tertiary alicyclic amines) is 1. The van der Waals surface area contributed by atoms with Crippen LogP contribution in [0.3, 0.4) is 0 Å². The standard InChI is InChI=1S/C17H24N2O4/c1-3-13-4-6-14(7-5-13)23-11-15(20)19-9-8-17(2,12-19)18-10-16(21)22/h4-7,18H,3,8-12H2,1-2H3,(H,21,22). The van der Waals surface area contributed by atoms with Gasteiger partial charge in [-0.3, -0.25) is 14.9 Å². The van der Waals surface area contributed by atoms with E-state index in [0.29, 0.717) is 18.8 Å². The quantitative estimate of drug-likeness (QED) is 0.791. The fourth-order valence-corrected chi connectivity index (χ4v) is 2.66. The number of nitrogens with zero attached hydrogens (tertiary/aromatic N) is 1. The molecule has 1 atom stereocenters. The molecule has 2 rings (SSSR count). The Kier molecular flexibility index (Phi) is 5.60. The minimum Gasteiger partial charge on any atom is -0.484 e. The summed E-state index contributed by atoms with van der Waals surface area (Å²) in [6.45, 7) is 5.03. The molecule has 126 valence electrons. The lowest BCUT2D eigenvalue weighted by Gasteiger charge is -2.25. The summed E-state index contributed by atoms with van der Waals surface area (Å²) in [5.41, 5.74) is 0.875. The van der Waals surface area contributed by atoms with Gasteiger partial charge in [-0.2, -0.15) is 0 Å². The number of aryl methyl sites for hydroxylation is 1. The Labute approximate surface area is 136 Å². The lowest BCUT2D eigenvalue weighted by atomic mass is 10.0. The van der Waals surface area contributed by atoms with E-state index in [0.717, 1.165) is 12.8 Å². The van der Waals surface area contributed by atoms with Crippen molar-refractivity contribution in [2.24, 2.45) is 0 Å². The summed E-state index contributed by atoms with van der Waals surface area (Å²) in [7, 11) is 0. The van der Waals surface area contributed by atoms with Gasteiger partial charge in [0.15, 0.2) is 6.61 Å². The molecule has 1 aromatic rings. The fraction of sp³-hybridized carbons (Fsp3) is 0.529. The summed E-state index contributed by atoms with van der Waals surface area (Å²) in [6.07, 6.45) is 1.70. The van der Waals surface area contributed by atoms with Gasteiger partial charge in [-0.1, -0.05) is 19.1 Å². The lowest BCUT2D eigenvalue weighted by molar-refractivity contribution is -0.136. The van der Waals surface area contributed by atoms with Crippen molar-refractivity contribution in [2.45, 2.75) is 32.2 Å². The molecule has 1 saturated heterocycles. The van der Waals surface area contributed by atoms with Crippen LogP contribution < -0.4 is 10.1 Å². The van der Waals surface area contributed by atoms with Crippen LogP contribution in [-0.4, -0.2) is 53.7 Å². The Hall–Kier alpha value is -2.08. The van der Waals surface area contributed by atoms with E-state index in [1.54, 1.807) is 4.90 Å². The predicted molar refractivity (Wildman–Crippen MR) is 86.6 cm³/mol. The van der Waals surface area contributed by atoms with Crippen molar-refractivity contribution in [1.29, 1.82) is 0 Å². The molecule has 0 aromatic heterocycles. The SMILES string of the molecule is CCc1ccc(OCC(=O)N2CCC(C)(NCC(=O)O)C2)cc1. The van der Waals surface area contributed by atoms with E-state index in [-0.39, 0.29) is 24.6 Å². The summed E-state index contributed by atoms with van der Waals surface area (Å²) in [5.74, 6) is -0.290. The summed E-state index contributed by atoms with van der Waals surface area (Å²) in [6, 6.07) is 7.72. The zero-order valence-electron chi connectivity index (χ0n) is 13.7. The summed E-state index contributed by atoms with van der Waals surface area (Å²) < 4.78 is 5.54. The van der Waals surface area contributed by atoms with Crippen molar-refractivity contribution in [2.75, 3.05) is 26.2 Å². The van der Waals surface area contributed by atoms with Gasteiger partial charge in [0, 0.05) is 18.6 Å². The Morgan fingerprint density at radius 3 is 2.65 bits per heavy atom. The number of carbonyl (C=O) groups excluding carboxylic acids is 1. The Morgan fingerprint density at radius 2 is 2.04 bits per heavy atom. The molecule has 0 saturated carbocycles. The maximum absolute atomic E-state index is 12.2. The van der Waals surface area contributed by atoms with Crippen molar-refractivity contribution in [3.63, 3.8) is 0 Å². The number of benzene rings is 1. The summed E-state index contributed by atoms with van der Waals surface area (Å²) in [4.78, 5) is 24.6. The third kappa shape index (κ3) is 4.96. The molecule has 1 aliphatic heterocycles. The van der Waals surface area contributed by atoms with Gasteiger partial charge in [-0.15, -0.1) is 0 Å². The molecule has 2 N–H and O–H groups in total. The molecule has 1 amide bonds. The Bertz CT molecular complexity index is 558. The number of rotatable bonds is 7. The fourth-order valence-electron chi connectivity index (χ4n) is 2.66. The molecule has 23 heavy (non-hydrogen) atoms. The number of ether oxygens (including phenoxy) is 1. The molecule has 0 spiro atoms. The van der Waals surface area contributed by atoms with E-state index in [1.807, 2.05) is 31.2 Å². The first-order valence-corrected chi connectivity index (χ1v) is 7.88. The number of carbonyl (C=O) groups is 2. The number of carboxylic acid groups (broad SMARTS) is 1. The molecule has 6 nitrogen and oxygen atoms in total. The molecular weight excluding hydrogens is 296 g/mol. The molecule has 0 aliphatic carbocycles. The smallest absolute Gasteiger partial charge is 0.317 e. The third-order valence-electron chi connectivity index (χ3n) is 4.19. The summed E-state index contributed by atoms with van der Waals surface area (Å²) in [5, 5.41) is 11.7. The number of hydrogen-bond donors (Lipinski definition) is 2. The molecule has 1 unspecified atom stereocenters. The highest BCUT2D eigenvalue weighted by molar-refractivity contribution is 5.78. The van der Waals surface area contributed by atoms with Crippen LogP contribution >= 0.6 is 0 Å². The highest BCUT2D eigenvalue weighted by Crippen LogP contribution is 2.21. The van der Waals surface area contributed by atoms with Gasteiger partial charge in [0.2, 0.25) is 0 Å². The first kappa shape index (κ1) is 17.3. The average molecular weight is 320 g/mol. The molecule has 0 radical (unpaired) electrons. The molecule has 1 fully saturated rings. The van der Waals surface area contributed by atoms with Gasteiger partial charge in [-0.05, 0) is 37.5 Å². The number of aliphatic carboxylic acids is 1. The van der Waals surface area contributed by atoms with Crippen LogP contribution in [0, 0.1) is 0 Å². The monoisotopic (exact) mass is 320 g/mol. The maximum atomic E-state index is 12.2. The highest BCUT2D eigenvalue weighted by atomic mass is 16.5. The predicted octanol–water partition coefficient (Wildman–Crippen LogP) is 1.29. The number of carboxylic acids is 1. The number of hydrogen-bond acceptors (Lipinski definition) is 4. The van der Waals surface area contributed by atoms with E-state index >= 15 is 0 Å². The average Bonchev–Trinajstić information content (AvgIpc) is 2.94. The minimum absolute atomic E-state index is 0.000478. The molecular formula is C17H24N2O4. The van der Waals surface area contributed by atoms with Gasteiger partial charge in [0.25, 0.3) is 5.91 Å². The van der Waals surface area contributed by atoms with E-state index < -0.39 is 5.97 Å². The van der Waals surface area contributed by atoms with Crippen molar-refractivity contribution < 1.29 is 19.4 Å². The van der Waals surface area contributed by atoms with Crippen LogP contribution in [0.15, 0.2) is 24.3 Å². The van der Waals surface area contributed by atoms with Crippen LogP contribution in [-0.2, 0) is 16.0 Å². The van der Waals surface area contributed by atoms with Gasteiger partial charge in [0.05, 0.1) is 6.54 Å². The van der Waals surface area contributed by atoms with Crippen LogP contribution in [0.5, 0.6) is 5.75 Å². The van der Waals surface area contributed by atoms with E-state index in [4.69, 9.17) is 9.84 Å². The first-order valence-electron chi connectivity index (χ1n) is 7.88. The van der Waals surface area contributed by atoms with E-state index in [1.165, 1.54) is 5.56 Å². The van der Waals surface area contributed by atoms with Gasteiger partial charge in [-0.25, -0.2) is 0 Å². The highest BCUT2D eigenvalue weighted by Gasteiger charge is 2.36. The van der Waals surface area contributed by atoms with Gasteiger partial charge in [0.1, 0.15) is 5.75 Å². The molecule has 6 heteroatoms. The zero-order chi connectivity index (χ0) is 16.9. The zero-order valence-corrected chi connectivity index (χ0v) is 13.7. The maximum Gasteiger partial charge on any atom is 0.317 e. The molecule has 0 bridgehead atoms. The van der Waals surface area contributed by atoms with Gasteiger partial charge >= 0.3 is 5.97 Å². The van der Waals surface area contributed by atoms with Crippen molar-refractivity contribution >= 4 is 11.9 Å². The second kappa shape index (κ2) is 7.46. The topological polar surface area (TPSA) is 78.9 Å². The number of amides is 1. The van der Waals surface area contributed by atoms with Gasteiger partial charge < -0.3 is 14.7 Å². The molecule has 1 heterocycles. The molecule has 1 aromatic carbocycles. The normalized spacial score (nSPS) is 20.5. The van der Waals surface area contributed by atoms with Crippen LogP contribution in [0.4, 0.5) is 0 Å². The van der Waals surface area contributed by atoms with Crippen LogP contribution in [0.1, 0.15) is 25.8 Å². The second-order valence-corrected chi connectivity index (χ2v) is 6.16. The van der Waals surface area contributed by atoms with Crippen molar-refractivity contribution in [1.82, 2.24) is 10.2 Å². The van der Waals surface area contributed by atoms with Crippen molar-refractivity contribution in [3.05, 3.63) is 29.8 Å². The van der Waals surface area contributed by atoms with E-state index in [2.05, 4.69) is 12.2 Å². The van der Waals surface area contributed by atoms with Crippen LogP contribution in [0.2, 0.25) is 0 Å². The Balaban J connectivity index is 1.81. The third-order valence-corrected chi connectivity index (χ3v) is 4.19. The second-order valence-electron chi connectivity index (χ2n) is 6.16. The Morgan fingerprint density at radius 1 is 1.35 bits per heavy atom. The lowest BCUT2D eigenvalue weighted by Crippen LogP contribution is -2.48. The van der Waals surface area contributed by atoms with Crippen LogP contribution in [0.25, 0.3) is 0 Å². The minimum atomic E-state index is -0.894. The summed E-state index contributed by atoms with van der Waals surface area (Å²) >= 11 is 0. The largest absolute Gasteiger partial charge is 0.484 e. The van der Waals surface area contributed by atoms with E-state index in [9.17, 15) is 9.59 Å². The first-order chi connectivity index (χ1) is 10.9.